The molecule has 130 valence electrons. The van der Waals surface area contributed by atoms with Gasteiger partial charge in [0, 0.05) is 58.2 Å². The highest BCUT2D eigenvalue weighted by atomic mass is 35.5. The van der Waals surface area contributed by atoms with E-state index in [4.69, 9.17) is 0 Å². The summed E-state index contributed by atoms with van der Waals surface area (Å²) in [6, 6.07) is 8.33. The van der Waals surface area contributed by atoms with Crippen LogP contribution < -0.4 is 10.6 Å². The fourth-order valence-electron chi connectivity index (χ4n) is 3.02. The van der Waals surface area contributed by atoms with Gasteiger partial charge in [0.05, 0.1) is 6.04 Å². The molecule has 7 heteroatoms. The van der Waals surface area contributed by atoms with Crippen molar-refractivity contribution in [3.8, 4) is 0 Å². The number of nitrogens with one attached hydrogen (secondary N) is 2. The van der Waals surface area contributed by atoms with E-state index in [0.717, 1.165) is 37.7 Å². The first-order valence-corrected chi connectivity index (χ1v) is 7.92. The Morgan fingerprint density at radius 3 is 2.75 bits per heavy atom. The van der Waals surface area contributed by atoms with Gasteiger partial charge in [0.25, 0.3) is 0 Å². The summed E-state index contributed by atoms with van der Waals surface area (Å²) in [4.78, 5) is 18.0. The molecular weight excluding hydrogens is 326 g/mol. The van der Waals surface area contributed by atoms with Gasteiger partial charge in [-0.1, -0.05) is 12.1 Å². The number of carbonyl (C=O) groups is 1. The zero-order chi connectivity index (χ0) is 16.2. The predicted molar refractivity (Wildman–Crippen MR) is 97.2 cm³/mol. The van der Waals surface area contributed by atoms with E-state index < -0.39 is 0 Å². The Morgan fingerprint density at radius 2 is 2.12 bits per heavy atom. The Labute approximate surface area is 148 Å². The monoisotopic (exact) mass is 349 g/mol. The van der Waals surface area contributed by atoms with Crippen LogP contribution in [0.4, 0.5) is 5.69 Å². The van der Waals surface area contributed by atoms with Gasteiger partial charge in [-0.25, -0.2) is 4.98 Å². The largest absolute Gasteiger partial charge is 0.337 e. The van der Waals surface area contributed by atoms with Gasteiger partial charge < -0.3 is 15.2 Å². The van der Waals surface area contributed by atoms with Gasteiger partial charge in [0.1, 0.15) is 5.82 Å². The van der Waals surface area contributed by atoms with Crippen LogP contribution in [0.25, 0.3) is 0 Å². The highest BCUT2D eigenvalue weighted by molar-refractivity contribution is 5.88. The summed E-state index contributed by atoms with van der Waals surface area (Å²) in [6.07, 6.45) is 3.84. The first-order chi connectivity index (χ1) is 11.1. The van der Waals surface area contributed by atoms with Gasteiger partial charge >= 0.3 is 0 Å². The molecule has 0 aliphatic carbocycles. The molecule has 2 heterocycles. The van der Waals surface area contributed by atoms with Crippen molar-refractivity contribution in [3.63, 3.8) is 0 Å². The van der Waals surface area contributed by atoms with E-state index in [1.165, 1.54) is 12.5 Å². The molecule has 1 aliphatic rings. The standard InChI is InChI=1S/C17H23N5O.ClH/c1-13(23)20-15-5-3-14(4-6-15)12-22-10-7-18-11-16(22)17-19-8-9-21(17)2;/h3-6,8-9,16,18H,7,10-12H2,1-2H3,(H,20,23);1H. The summed E-state index contributed by atoms with van der Waals surface area (Å²) in [7, 11) is 2.04. The van der Waals surface area contributed by atoms with Gasteiger partial charge in [0.2, 0.25) is 5.91 Å². The summed E-state index contributed by atoms with van der Waals surface area (Å²) in [5.41, 5.74) is 2.07. The van der Waals surface area contributed by atoms with Crippen molar-refractivity contribution in [1.82, 2.24) is 19.8 Å². The molecule has 2 aromatic rings. The minimum absolute atomic E-state index is 0. The zero-order valence-electron chi connectivity index (χ0n) is 14.0. The van der Waals surface area contributed by atoms with Crippen LogP contribution in [0.1, 0.15) is 24.4 Å². The third-order valence-electron chi connectivity index (χ3n) is 4.17. The average molecular weight is 350 g/mol. The molecule has 0 saturated carbocycles. The summed E-state index contributed by atoms with van der Waals surface area (Å²) >= 11 is 0. The van der Waals surface area contributed by atoms with Crippen LogP contribution in [0.2, 0.25) is 0 Å². The molecule has 1 atom stereocenters. The zero-order valence-corrected chi connectivity index (χ0v) is 14.8. The fraction of sp³-hybridized carbons (Fsp3) is 0.412. The Hall–Kier alpha value is -1.89. The smallest absolute Gasteiger partial charge is 0.221 e. The Bertz CT molecular complexity index is 670. The molecule has 1 amide bonds. The number of aryl methyl sites for hydroxylation is 1. The summed E-state index contributed by atoms with van der Waals surface area (Å²) < 4.78 is 2.09. The number of halogens is 1. The SMILES string of the molecule is CC(=O)Nc1ccc(CN2CCNCC2c2nccn2C)cc1.Cl. The summed E-state index contributed by atoms with van der Waals surface area (Å²) in [6.45, 7) is 5.29. The highest BCUT2D eigenvalue weighted by Crippen LogP contribution is 2.23. The average Bonchev–Trinajstić information content (AvgIpc) is 2.95. The van der Waals surface area contributed by atoms with Crippen molar-refractivity contribution in [2.75, 3.05) is 25.0 Å². The normalized spacial score (nSPS) is 18.0. The minimum Gasteiger partial charge on any atom is -0.337 e. The number of hydrogen-bond donors (Lipinski definition) is 2. The second-order valence-electron chi connectivity index (χ2n) is 5.96. The maximum Gasteiger partial charge on any atom is 0.221 e. The number of rotatable bonds is 4. The fourth-order valence-corrected chi connectivity index (χ4v) is 3.02. The van der Waals surface area contributed by atoms with Gasteiger partial charge in [-0.05, 0) is 17.7 Å². The van der Waals surface area contributed by atoms with Crippen LogP contribution >= 0.6 is 12.4 Å². The second kappa shape index (κ2) is 8.28. The molecule has 0 radical (unpaired) electrons. The molecule has 0 bridgehead atoms. The van der Waals surface area contributed by atoms with E-state index in [1.807, 2.05) is 31.6 Å². The number of imidazole rings is 1. The van der Waals surface area contributed by atoms with Gasteiger partial charge in [-0.2, -0.15) is 0 Å². The number of benzene rings is 1. The molecule has 1 fully saturated rings. The van der Waals surface area contributed by atoms with Crippen LogP contribution in [0.15, 0.2) is 36.7 Å². The highest BCUT2D eigenvalue weighted by Gasteiger charge is 2.26. The number of piperazine rings is 1. The van der Waals surface area contributed by atoms with Crippen LogP contribution in [-0.4, -0.2) is 40.0 Å². The molecular formula is C17H24ClN5O. The van der Waals surface area contributed by atoms with Crippen molar-refractivity contribution >= 4 is 24.0 Å². The maximum absolute atomic E-state index is 11.1. The molecule has 0 spiro atoms. The van der Waals surface area contributed by atoms with Crippen molar-refractivity contribution in [1.29, 1.82) is 0 Å². The first kappa shape index (κ1) is 18.4. The molecule has 1 aliphatic heterocycles. The number of amides is 1. The molecule has 1 saturated heterocycles. The quantitative estimate of drug-likeness (QED) is 0.885. The third kappa shape index (κ3) is 4.35. The van der Waals surface area contributed by atoms with E-state index in [0.29, 0.717) is 0 Å². The van der Waals surface area contributed by atoms with Crippen molar-refractivity contribution in [2.24, 2.45) is 7.05 Å². The van der Waals surface area contributed by atoms with Crippen LogP contribution in [0, 0.1) is 0 Å². The van der Waals surface area contributed by atoms with Gasteiger partial charge in [0.15, 0.2) is 0 Å². The lowest BCUT2D eigenvalue weighted by Gasteiger charge is -2.35. The van der Waals surface area contributed by atoms with Gasteiger partial charge in [-0.3, -0.25) is 9.69 Å². The summed E-state index contributed by atoms with van der Waals surface area (Å²) in [5.74, 6) is 1.04. The molecule has 3 rings (SSSR count). The third-order valence-corrected chi connectivity index (χ3v) is 4.17. The summed E-state index contributed by atoms with van der Waals surface area (Å²) in [5, 5.41) is 6.25. The Morgan fingerprint density at radius 1 is 1.38 bits per heavy atom. The lowest BCUT2D eigenvalue weighted by atomic mass is 10.1. The van der Waals surface area contributed by atoms with Crippen molar-refractivity contribution in [2.45, 2.75) is 19.5 Å². The molecule has 2 N–H and O–H groups in total. The van der Waals surface area contributed by atoms with Crippen molar-refractivity contribution < 1.29 is 4.79 Å². The van der Waals surface area contributed by atoms with E-state index in [2.05, 4.69) is 37.2 Å². The molecule has 1 aromatic heterocycles. The Kier molecular flexibility index (Phi) is 6.36. The van der Waals surface area contributed by atoms with E-state index >= 15 is 0 Å². The number of carbonyl (C=O) groups excluding carboxylic acids is 1. The van der Waals surface area contributed by atoms with E-state index in [-0.39, 0.29) is 24.4 Å². The molecule has 1 aromatic carbocycles. The number of hydrogen-bond acceptors (Lipinski definition) is 4. The van der Waals surface area contributed by atoms with E-state index in [1.54, 1.807) is 0 Å². The lowest BCUT2D eigenvalue weighted by molar-refractivity contribution is -0.114. The van der Waals surface area contributed by atoms with Crippen LogP contribution in [-0.2, 0) is 18.4 Å². The second-order valence-corrected chi connectivity index (χ2v) is 5.96. The van der Waals surface area contributed by atoms with E-state index in [9.17, 15) is 4.79 Å². The predicted octanol–water partition coefficient (Wildman–Crippen LogP) is 1.95. The first-order valence-electron chi connectivity index (χ1n) is 7.92. The number of nitrogens with zero attached hydrogens (tertiary/aromatic N) is 3. The topological polar surface area (TPSA) is 62.2 Å². The molecule has 1 unspecified atom stereocenters. The number of aromatic nitrogens is 2. The van der Waals surface area contributed by atoms with Crippen LogP contribution in [0.5, 0.6) is 0 Å². The van der Waals surface area contributed by atoms with Crippen molar-refractivity contribution in [3.05, 3.63) is 48.0 Å². The molecule has 24 heavy (non-hydrogen) atoms. The maximum atomic E-state index is 11.1. The van der Waals surface area contributed by atoms with Crippen LogP contribution in [0.3, 0.4) is 0 Å². The number of anilines is 1. The minimum atomic E-state index is -0.0466. The lowest BCUT2D eigenvalue weighted by Crippen LogP contribution is -2.46. The Balaban J connectivity index is 0.00000208. The molecule has 6 nitrogen and oxygen atoms in total. The van der Waals surface area contributed by atoms with Gasteiger partial charge in [-0.15, -0.1) is 12.4 Å².